The molecule has 0 aromatic heterocycles. The molecule has 0 radical (unpaired) electrons. The lowest BCUT2D eigenvalue weighted by molar-refractivity contribution is -0.123. The molecule has 2 rings (SSSR count). The van der Waals surface area contributed by atoms with Gasteiger partial charge in [-0.25, -0.2) is 0 Å². The Hall–Kier alpha value is -1.26. The maximum atomic E-state index is 11.7. The van der Waals surface area contributed by atoms with Gasteiger partial charge in [-0.1, -0.05) is 30.2 Å². The van der Waals surface area contributed by atoms with Gasteiger partial charge in [0.1, 0.15) is 5.75 Å². The Balaban J connectivity index is 1.56. The van der Waals surface area contributed by atoms with Gasteiger partial charge in [0.2, 0.25) is 0 Å². The van der Waals surface area contributed by atoms with Crippen LogP contribution in [0.25, 0.3) is 0 Å². The molecule has 1 N–H and O–H groups in total. The van der Waals surface area contributed by atoms with E-state index in [-0.39, 0.29) is 12.5 Å². The number of benzene rings is 1. The fourth-order valence-electron chi connectivity index (χ4n) is 2.47. The molecule has 1 aromatic rings. The van der Waals surface area contributed by atoms with E-state index in [0.717, 1.165) is 13.0 Å². The summed E-state index contributed by atoms with van der Waals surface area (Å²) in [7, 11) is 0. The monoisotopic (exact) mass is 310 g/mol. The fourth-order valence-corrected chi connectivity index (χ4v) is 2.66. The van der Waals surface area contributed by atoms with Crippen molar-refractivity contribution in [3.63, 3.8) is 0 Å². The van der Waals surface area contributed by atoms with E-state index in [1.54, 1.807) is 12.1 Å². The summed E-state index contributed by atoms with van der Waals surface area (Å²) in [6.45, 7) is 4.16. The standard InChI is InChI=1S/C16H23ClN2O2/c17-14-7-2-3-8-15(14)21-13-16(20)18-9-6-12-19-10-4-1-5-11-19/h2-3,7-8H,1,4-6,9-13H2,(H,18,20). The van der Waals surface area contributed by atoms with Crippen molar-refractivity contribution < 1.29 is 9.53 Å². The van der Waals surface area contributed by atoms with Gasteiger partial charge < -0.3 is 15.0 Å². The molecule has 1 heterocycles. The summed E-state index contributed by atoms with van der Waals surface area (Å²) in [6, 6.07) is 7.16. The lowest BCUT2D eigenvalue weighted by Crippen LogP contribution is -2.34. The predicted octanol–water partition coefficient (Wildman–Crippen LogP) is 2.71. The van der Waals surface area contributed by atoms with Gasteiger partial charge in [0.05, 0.1) is 5.02 Å². The number of nitrogens with zero attached hydrogens (tertiary/aromatic N) is 1. The third-order valence-corrected chi connectivity index (χ3v) is 3.93. The zero-order valence-electron chi connectivity index (χ0n) is 12.3. The predicted molar refractivity (Wildman–Crippen MR) is 84.9 cm³/mol. The van der Waals surface area contributed by atoms with Crippen LogP contribution in [0.2, 0.25) is 5.02 Å². The summed E-state index contributed by atoms with van der Waals surface area (Å²) in [5.74, 6) is 0.441. The lowest BCUT2D eigenvalue weighted by atomic mass is 10.1. The number of piperidine rings is 1. The Kier molecular flexibility index (Phi) is 6.83. The summed E-state index contributed by atoms with van der Waals surface area (Å²) in [5.41, 5.74) is 0. The summed E-state index contributed by atoms with van der Waals surface area (Å²) in [4.78, 5) is 14.2. The molecular weight excluding hydrogens is 288 g/mol. The van der Waals surface area contributed by atoms with Crippen molar-refractivity contribution in [2.75, 3.05) is 32.8 Å². The van der Waals surface area contributed by atoms with Crippen molar-refractivity contribution in [2.45, 2.75) is 25.7 Å². The Morgan fingerprint density at radius 2 is 2.00 bits per heavy atom. The zero-order valence-corrected chi connectivity index (χ0v) is 13.1. The van der Waals surface area contributed by atoms with E-state index < -0.39 is 0 Å². The Morgan fingerprint density at radius 3 is 2.76 bits per heavy atom. The maximum absolute atomic E-state index is 11.7. The van der Waals surface area contributed by atoms with E-state index in [4.69, 9.17) is 16.3 Å². The van der Waals surface area contributed by atoms with Gasteiger partial charge in [0.25, 0.3) is 5.91 Å². The van der Waals surface area contributed by atoms with Crippen LogP contribution in [0.3, 0.4) is 0 Å². The van der Waals surface area contributed by atoms with E-state index in [9.17, 15) is 4.79 Å². The molecule has 21 heavy (non-hydrogen) atoms. The van der Waals surface area contributed by atoms with Crippen LogP contribution in [0.4, 0.5) is 0 Å². The number of rotatable bonds is 7. The van der Waals surface area contributed by atoms with Crippen molar-refractivity contribution in [2.24, 2.45) is 0 Å². The third-order valence-electron chi connectivity index (χ3n) is 3.62. The van der Waals surface area contributed by atoms with Gasteiger partial charge in [-0.3, -0.25) is 4.79 Å². The first-order chi connectivity index (χ1) is 10.3. The highest BCUT2D eigenvalue weighted by atomic mass is 35.5. The number of amides is 1. The molecule has 1 aliphatic rings. The molecule has 0 atom stereocenters. The molecular formula is C16H23ClN2O2. The average molecular weight is 311 g/mol. The number of carbonyl (C=O) groups is 1. The molecule has 1 saturated heterocycles. The molecule has 0 unspecified atom stereocenters. The van der Waals surface area contributed by atoms with Gasteiger partial charge >= 0.3 is 0 Å². The first-order valence-electron chi connectivity index (χ1n) is 7.62. The quantitative estimate of drug-likeness (QED) is 0.787. The molecule has 1 fully saturated rings. The average Bonchev–Trinajstić information content (AvgIpc) is 2.52. The van der Waals surface area contributed by atoms with Crippen LogP contribution >= 0.6 is 11.6 Å². The summed E-state index contributed by atoms with van der Waals surface area (Å²) < 4.78 is 5.39. The van der Waals surface area contributed by atoms with Crippen LogP contribution in [0.5, 0.6) is 5.75 Å². The fraction of sp³-hybridized carbons (Fsp3) is 0.562. The van der Waals surface area contributed by atoms with E-state index in [2.05, 4.69) is 10.2 Å². The number of ether oxygens (including phenoxy) is 1. The van der Waals surface area contributed by atoms with Crippen LogP contribution in [-0.2, 0) is 4.79 Å². The number of nitrogens with one attached hydrogen (secondary N) is 1. The first-order valence-corrected chi connectivity index (χ1v) is 8.00. The van der Waals surface area contributed by atoms with E-state index >= 15 is 0 Å². The minimum Gasteiger partial charge on any atom is -0.482 e. The van der Waals surface area contributed by atoms with Crippen LogP contribution < -0.4 is 10.1 Å². The number of carbonyl (C=O) groups excluding carboxylic acids is 1. The SMILES string of the molecule is O=C(COc1ccccc1Cl)NCCCN1CCCCC1. The number of halogens is 1. The van der Waals surface area contributed by atoms with Gasteiger partial charge in [0.15, 0.2) is 6.61 Å². The molecule has 0 aliphatic carbocycles. The molecule has 1 amide bonds. The van der Waals surface area contributed by atoms with E-state index in [1.807, 2.05) is 12.1 Å². The van der Waals surface area contributed by atoms with Crippen molar-refractivity contribution >= 4 is 17.5 Å². The smallest absolute Gasteiger partial charge is 0.257 e. The van der Waals surface area contributed by atoms with Gasteiger partial charge in [-0.05, 0) is 51.0 Å². The van der Waals surface area contributed by atoms with Gasteiger partial charge in [0, 0.05) is 6.54 Å². The third kappa shape index (κ3) is 5.94. The number of likely N-dealkylation sites (tertiary alicyclic amines) is 1. The molecule has 1 aromatic carbocycles. The largest absolute Gasteiger partial charge is 0.482 e. The highest BCUT2D eigenvalue weighted by Gasteiger charge is 2.09. The molecule has 116 valence electrons. The molecule has 5 heteroatoms. The molecule has 0 spiro atoms. The van der Waals surface area contributed by atoms with Crippen molar-refractivity contribution in [1.82, 2.24) is 10.2 Å². The molecule has 0 bridgehead atoms. The normalized spacial score (nSPS) is 15.7. The van der Waals surface area contributed by atoms with Crippen molar-refractivity contribution in [3.8, 4) is 5.75 Å². The molecule has 1 aliphatic heterocycles. The summed E-state index contributed by atoms with van der Waals surface area (Å²) in [5, 5.41) is 3.40. The summed E-state index contributed by atoms with van der Waals surface area (Å²) in [6.07, 6.45) is 4.94. The van der Waals surface area contributed by atoms with Crippen LogP contribution in [0.1, 0.15) is 25.7 Å². The number of hydrogen-bond acceptors (Lipinski definition) is 3. The van der Waals surface area contributed by atoms with Crippen LogP contribution in [0, 0.1) is 0 Å². The van der Waals surface area contributed by atoms with Gasteiger partial charge in [-0.15, -0.1) is 0 Å². The van der Waals surface area contributed by atoms with Crippen molar-refractivity contribution in [1.29, 1.82) is 0 Å². The highest BCUT2D eigenvalue weighted by Crippen LogP contribution is 2.22. The van der Waals surface area contributed by atoms with Crippen molar-refractivity contribution in [3.05, 3.63) is 29.3 Å². The first kappa shape index (κ1) is 16.1. The Labute approximate surface area is 131 Å². The maximum Gasteiger partial charge on any atom is 0.257 e. The van der Waals surface area contributed by atoms with Crippen LogP contribution in [-0.4, -0.2) is 43.6 Å². The lowest BCUT2D eigenvalue weighted by Gasteiger charge is -2.26. The number of hydrogen-bond donors (Lipinski definition) is 1. The van der Waals surface area contributed by atoms with E-state index in [1.165, 1.54) is 32.4 Å². The van der Waals surface area contributed by atoms with Crippen LogP contribution in [0.15, 0.2) is 24.3 Å². The topological polar surface area (TPSA) is 41.6 Å². The van der Waals surface area contributed by atoms with E-state index in [0.29, 0.717) is 17.3 Å². The second-order valence-electron chi connectivity index (χ2n) is 5.32. The Morgan fingerprint density at radius 1 is 1.24 bits per heavy atom. The second kappa shape index (κ2) is 8.90. The molecule has 4 nitrogen and oxygen atoms in total. The summed E-state index contributed by atoms with van der Waals surface area (Å²) >= 11 is 5.96. The Bertz CT molecular complexity index is 448. The highest BCUT2D eigenvalue weighted by molar-refractivity contribution is 6.32. The number of para-hydroxylation sites is 1. The van der Waals surface area contributed by atoms with Gasteiger partial charge in [-0.2, -0.15) is 0 Å². The molecule has 0 saturated carbocycles. The minimum atomic E-state index is -0.103. The second-order valence-corrected chi connectivity index (χ2v) is 5.73. The minimum absolute atomic E-state index is 0.00739. The zero-order chi connectivity index (χ0) is 14.9.